The van der Waals surface area contributed by atoms with Gasteiger partial charge in [0.2, 0.25) is 5.94 Å². The van der Waals surface area contributed by atoms with Gasteiger partial charge in [-0.2, -0.15) is 0 Å². The van der Waals surface area contributed by atoms with Gasteiger partial charge in [-0.25, -0.2) is 8.42 Å². The molecule has 1 unspecified atom stereocenters. The minimum atomic E-state index is -3.42. The number of hydrogen-bond acceptors (Lipinski definition) is 5. The van der Waals surface area contributed by atoms with Crippen LogP contribution >= 0.6 is 0 Å². The van der Waals surface area contributed by atoms with E-state index >= 15 is 0 Å². The lowest BCUT2D eigenvalue weighted by atomic mass is 10.1. The number of nitrogens with one attached hydrogen (secondary N) is 2. The quantitative estimate of drug-likeness (QED) is 0.712. The standard InChI is InChI=1S/C10H14N2O4S/c1-11-5-9(13)7-2-3-10-8(4-7)12-17(14,15)6-16-10/h2-4,9,11-13H,5-6H2,1H3. The van der Waals surface area contributed by atoms with E-state index in [9.17, 15) is 13.5 Å². The van der Waals surface area contributed by atoms with E-state index in [-0.39, 0.29) is 5.94 Å². The third-order valence-corrected chi connectivity index (χ3v) is 3.38. The molecule has 1 aliphatic rings. The first-order chi connectivity index (χ1) is 8.02. The fourth-order valence-electron chi connectivity index (χ4n) is 1.61. The lowest BCUT2D eigenvalue weighted by Gasteiger charge is -2.21. The maximum atomic E-state index is 11.3. The summed E-state index contributed by atoms with van der Waals surface area (Å²) in [5.41, 5.74) is 0.996. The van der Waals surface area contributed by atoms with Crippen LogP contribution in [0.15, 0.2) is 18.2 Å². The van der Waals surface area contributed by atoms with Crippen LogP contribution in [-0.4, -0.2) is 33.1 Å². The number of aliphatic hydroxyl groups is 1. The van der Waals surface area contributed by atoms with E-state index in [1.807, 2.05) is 0 Å². The summed E-state index contributed by atoms with van der Waals surface area (Å²) in [7, 11) is -1.69. The zero-order valence-corrected chi connectivity index (χ0v) is 10.1. The van der Waals surface area contributed by atoms with Crippen LogP contribution in [0.1, 0.15) is 11.7 Å². The Morgan fingerprint density at radius 2 is 2.35 bits per heavy atom. The first-order valence-electron chi connectivity index (χ1n) is 5.12. The molecular weight excluding hydrogens is 244 g/mol. The van der Waals surface area contributed by atoms with Gasteiger partial charge in [-0.1, -0.05) is 6.07 Å². The van der Waals surface area contributed by atoms with Crippen molar-refractivity contribution >= 4 is 15.7 Å². The molecule has 7 heteroatoms. The van der Waals surface area contributed by atoms with E-state index in [1.54, 1.807) is 25.2 Å². The molecule has 0 radical (unpaired) electrons. The summed E-state index contributed by atoms with van der Waals surface area (Å²) in [5, 5.41) is 12.6. The highest BCUT2D eigenvalue weighted by Crippen LogP contribution is 2.32. The predicted octanol–water partition coefficient (Wildman–Crippen LogP) is 0.0310. The lowest BCUT2D eigenvalue weighted by molar-refractivity contribution is 0.177. The van der Waals surface area contributed by atoms with E-state index in [0.717, 1.165) is 0 Å². The first-order valence-corrected chi connectivity index (χ1v) is 6.77. The summed E-state index contributed by atoms with van der Waals surface area (Å²) in [6, 6.07) is 4.93. The number of ether oxygens (including phenoxy) is 1. The molecular formula is C10H14N2O4S. The van der Waals surface area contributed by atoms with Crippen molar-refractivity contribution in [2.45, 2.75) is 6.10 Å². The van der Waals surface area contributed by atoms with Crippen molar-refractivity contribution in [3.8, 4) is 5.75 Å². The van der Waals surface area contributed by atoms with Gasteiger partial charge in [-0.05, 0) is 24.7 Å². The van der Waals surface area contributed by atoms with E-state index in [1.165, 1.54) is 0 Å². The second-order valence-corrected chi connectivity index (χ2v) is 5.48. The minimum absolute atomic E-state index is 0.365. The number of aliphatic hydroxyl groups excluding tert-OH is 1. The summed E-state index contributed by atoms with van der Waals surface area (Å²) in [4.78, 5) is 0. The van der Waals surface area contributed by atoms with Crippen molar-refractivity contribution < 1.29 is 18.3 Å². The Morgan fingerprint density at radius 3 is 3.06 bits per heavy atom. The Morgan fingerprint density at radius 1 is 1.59 bits per heavy atom. The molecule has 0 fully saturated rings. The Bertz CT molecular complexity index is 515. The highest BCUT2D eigenvalue weighted by molar-refractivity contribution is 7.92. The molecule has 6 nitrogen and oxygen atoms in total. The Labute approximate surface area is 99.7 Å². The molecule has 17 heavy (non-hydrogen) atoms. The molecule has 0 spiro atoms. The van der Waals surface area contributed by atoms with Crippen molar-refractivity contribution in [1.29, 1.82) is 0 Å². The number of hydrogen-bond donors (Lipinski definition) is 3. The van der Waals surface area contributed by atoms with Gasteiger partial charge in [0.15, 0.2) is 0 Å². The normalized spacial score (nSPS) is 18.7. The largest absolute Gasteiger partial charge is 0.474 e. The predicted molar refractivity (Wildman–Crippen MR) is 63.4 cm³/mol. The summed E-state index contributed by atoms with van der Waals surface area (Å²) < 4.78 is 30.1. The molecule has 0 amide bonds. The van der Waals surface area contributed by atoms with Crippen molar-refractivity contribution in [1.82, 2.24) is 5.32 Å². The van der Waals surface area contributed by atoms with Crippen LogP contribution in [0.25, 0.3) is 0 Å². The van der Waals surface area contributed by atoms with Crippen LogP contribution in [0.4, 0.5) is 5.69 Å². The molecule has 1 heterocycles. The third kappa shape index (κ3) is 2.68. The molecule has 0 bridgehead atoms. The van der Waals surface area contributed by atoms with Gasteiger partial charge in [-0.15, -0.1) is 0 Å². The summed E-state index contributed by atoms with van der Waals surface area (Å²) in [5.74, 6) is 0.0959. The molecule has 0 aliphatic carbocycles. The number of likely N-dealkylation sites (N-methyl/N-ethyl adjacent to an activating group) is 1. The second kappa shape index (κ2) is 4.52. The number of fused-ring (bicyclic) bond motifs is 1. The van der Waals surface area contributed by atoms with Crippen molar-refractivity contribution in [3.05, 3.63) is 23.8 Å². The fourth-order valence-corrected chi connectivity index (χ4v) is 2.45. The fraction of sp³-hybridized carbons (Fsp3) is 0.400. The monoisotopic (exact) mass is 258 g/mol. The summed E-state index contributed by atoms with van der Waals surface area (Å²) >= 11 is 0. The van der Waals surface area contributed by atoms with Crippen molar-refractivity contribution in [2.75, 3.05) is 24.3 Å². The molecule has 0 aromatic heterocycles. The lowest BCUT2D eigenvalue weighted by Crippen LogP contribution is -2.26. The zero-order chi connectivity index (χ0) is 12.5. The maximum Gasteiger partial charge on any atom is 0.268 e. The van der Waals surface area contributed by atoms with Gasteiger partial charge < -0.3 is 15.2 Å². The van der Waals surface area contributed by atoms with Crippen LogP contribution in [0, 0.1) is 0 Å². The number of benzene rings is 1. The van der Waals surface area contributed by atoms with E-state index in [4.69, 9.17) is 4.74 Å². The molecule has 1 aliphatic heterocycles. The topological polar surface area (TPSA) is 87.7 Å². The number of sulfonamides is 1. The Balaban J connectivity index is 2.30. The first kappa shape index (κ1) is 12.2. The second-order valence-electron chi connectivity index (χ2n) is 3.81. The smallest absolute Gasteiger partial charge is 0.268 e. The molecule has 1 aromatic carbocycles. The van der Waals surface area contributed by atoms with Gasteiger partial charge in [0.25, 0.3) is 10.0 Å². The molecule has 94 valence electrons. The average molecular weight is 258 g/mol. The highest BCUT2D eigenvalue weighted by Gasteiger charge is 2.22. The van der Waals surface area contributed by atoms with Gasteiger partial charge in [0.1, 0.15) is 5.75 Å². The Hall–Kier alpha value is -1.31. The molecule has 1 aromatic rings. The molecule has 3 N–H and O–H groups in total. The summed E-state index contributed by atoms with van der Waals surface area (Å²) in [6.07, 6.45) is -0.684. The van der Waals surface area contributed by atoms with E-state index in [2.05, 4.69) is 10.0 Å². The molecule has 0 saturated carbocycles. The van der Waals surface area contributed by atoms with E-state index in [0.29, 0.717) is 23.5 Å². The number of rotatable bonds is 3. The SMILES string of the molecule is CNCC(O)c1ccc2c(c1)NS(=O)(=O)CO2. The van der Waals surface area contributed by atoms with Crippen LogP contribution in [0.3, 0.4) is 0 Å². The Kier molecular flexibility index (Phi) is 3.23. The highest BCUT2D eigenvalue weighted by atomic mass is 32.2. The van der Waals surface area contributed by atoms with Crippen LogP contribution in [0.5, 0.6) is 5.75 Å². The van der Waals surface area contributed by atoms with Crippen molar-refractivity contribution in [2.24, 2.45) is 0 Å². The number of anilines is 1. The van der Waals surface area contributed by atoms with Gasteiger partial charge >= 0.3 is 0 Å². The summed E-state index contributed by atoms with van der Waals surface area (Å²) in [6.45, 7) is 0.395. The average Bonchev–Trinajstić information content (AvgIpc) is 2.27. The van der Waals surface area contributed by atoms with Crippen molar-refractivity contribution in [3.63, 3.8) is 0 Å². The van der Waals surface area contributed by atoms with E-state index < -0.39 is 16.1 Å². The molecule has 0 saturated heterocycles. The minimum Gasteiger partial charge on any atom is -0.474 e. The zero-order valence-electron chi connectivity index (χ0n) is 9.30. The third-order valence-electron chi connectivity index (χ3n) is 2.42. The maximum absolute atomic E-state index is 11.3. The molecule has 1 atom stereocenters. The van der Waals surface area contributed by atoms with Crippen LogP contribution < -0.4 is 14.8 Å². The van der Waals surface area contributed by atoms with Crippen LogP contribution in [-0.2, 0) is 10.0 Å². The molecule has 2 rings (SSSR count). The van der Waals surface area contributed by atoms with Crippen LogP contribution in [0.2, 0.25) is 0 Å². The van der Waals surface area contributed by atoms with Gasteiger partial charge in [0, 0.05) is 6.54 Å². The van der Waals surface area contributed by atoms with Gasteiger partial charge in [-0.3, -0.25) is 4.72 Å². The van der Waals surface area contributed by atoms with Gasteiger partial charge in [0.05, 0.1) is 11.8 Å².